The van der Waals surface area contributed by atoms with E-state index in [4.69, 9.17) is 0 Å². The summed E-state index contributed by atoms with van der Waals surface area (Å²) in [6, 6.07) is 7.98. The maximum atomic E-state index is 4.23. The van der Waals surface area contributed by atoms with Crippen LogP contribution in [0.4, 0.5) is 0 Å². The van der Waals surface area contributed by atoms with E-state index in [1.54, 1.807) is 0 Å². The van der Waals surface area contributed by atoms with E-state index in [0.717, 1.165) is 15.6 Å². The molecule has 1 N–H and O–H groups in total. The van der Waals surface area contributed by atoms with Gasteiger partial charge < -0.3 is 0 Å². The Labute approximate surface area is 67.2 Å². The molecule has 0 saturated heterocycles. The molecule has 1 aromatic carbocycles. The van der Waals surface area contributed by atoms with Gasteiger partial charge in [-0.3, -0.25) is 0 Å². The molecule has 0 aliphatic rings. The van der Waals surface area contributed by atoms with E-state index in [1.165, 1.54) is 0 Å². The van der Waals surface area contributed by atoms with Gasteiger partial charge in [-0.2, -0.15) is 0 Å². The summed E-state index contributed by atoms with van der Waals surface area (Å²) < 4.78 is 0.911. The molecule has 0 bridgehead atoms. The van der Waals surface area contributed by atoms with Gasteiger partial charge in [-0.05, 0) is 0 Å². The standard InChI is InChI=1S/C7H5AsN2/c8-7-9-5-3-1-2-4-6(5)10-7/h1-4H,(H,9,10). The number of imidazole rings is 1. The first-order valence-corrected chi connectivity index (χ1v) is 3.94. The molecule has 1 heterocycles. The second-order valence-electron chi connectivity index (χ2n) is 2.08. The Morgan fingerprint density at radius 3 is 2.90 bits per heavy atom. The Morgan fingerprint density at radius 2 is 2.10 bits per heavy atom. The Morgan fingerprint density at radius 1 is 1.30 bits per heavy atom. The minimum absolute atomic E-state index is 0.911. The summed E-state index contributed by atoms with van der Waals surface area (Å²) in [5.74, 6) is 0. The molecule has 2 aromatic rings. The van der Waals surface area contributed by atoms with Crippen LogP contribution in [0.1, 0.15) is 0 Å². The first-order chi connectivity index (χ1) is 4.86. The van der Waals surface area contributed by atoms with Crippen LogP contribution in [0.2, 0.25) is 0 Å². The molecule has 0 fully saturated rings. The average molecular weight is 192 g/mol. The predicted molar refractivity (Wildman–Crippen MR) is 41.5 cm³/mol. The van der Waals surface area contributed by atoms with Crippen LogP contribution >= 0.6 is 0 Å². The van der Waals surface area contributed by atoms with Crippen molar-refractivity contribution < 1.29 is 0 Å². The van der Waals surface area contributed by atoms with Gasteiger partial charge in [-0.25, -0.2) is 0 Å². The second kappa shape index (κ2) is 2.13. The first-order valence-electron chi connectivity index (χ1n) is 3.00. The Hall–Kier alpha value is -0.752. The molecule has 0 unspecified atom stereocenters. The van der Waals surface area contributed by atoms with Crippen LogP contribution in [0.15, 0.2) is 24.3 Å². The molecule has 1 aromatic heterocycles. The molecule has 10 heavy (non-hydrogen) atoms. The number of nitrogens with zero attached hydrogens (tertiary/aromatic N) is 1. The first kappa shape index (κ1) is 5.99. The quantitative estimate of drug-likeness (QED) is 0.599. The fraction of sp³-hybridized carbons (Fsp3) is 0. The molecule has 48 valence electrons. The molecule has 0 aliphatic carbocycles. The van der Waals surface area contributed by atoms with Gasteiger partial charge in [0.15, 0.2) is 0 Å². The molecule has 0 saturated carbocycles. The summed E-state index contributed by atoms with van der Waals surface area (Å²) in [6.07, 6.45) is 0. The number of para-hydroxylation sites is 2. The molecule has 2 radical (unpaired) electrons. The van der Waals surface area contributed by atoms with Gasteiger partial charge in [0.05, 0.1) is 0 Å². The Balaban J connectivity index is 2.88. The normalized spacial score (nSPS) is 10.5. The molecule has 2 rings (SSSR count). The third-order valence-electron chi connectivity index (χ3n) is 1.38. The molecule has 3 heteroatoms. The van der Waals surface area contributed by atoms with Gasteiger partial charge in [0.25, 0.3) is 0 Å². The monoisotopic (exact) mass is 192 g/mol. The van der Waals surface area contributed by atoms with E-state index in [0.29, 0.717) is 0 Å². The van der Waals surface area contributed by atoms with Crippen LogP contribution in [-0.4, -0.2) is 26.8 Å². The van der Waals surface area contributed by atoms with Crippen molar-refractivity contribution in [3.05, 3.63) is 24.3 Å². The number of rotatable bonds is 0. The molecule has 0 spiro atoms. The number of hydrogen-bond donors (Lipinski definition) is 1. The van der Waals surface area contributed by atoms with Crippen molar-refractivity contribution in [2.24, 2.45) is 0 Å². The summed E-state index contributed by atoms with van der Waals surface area (Å²) in [4.78, 5) is 7.35. The zero-order chi connectivity index (χ0) is 6.97. The van der Waals surface area contributed by atoms with Crippen LogP contribution in [0.5, 0.6) is 0 Å². The third-order valence-corrected chi connectivity index (χ3v) is 1.82. The fourth-order valence-electron chi connectivity index (χ4n) is 0.939. The van der Waals surface area contributed by atoms with Crippen molar-refractivity contribution in [1.82, 2.24) is 9.97 Å². The molecule has 0 aliphatic heterocycles. The fourth-order valence-corrected chi connectivity index (χ4v) is 1.42. The van der Waals surface area contributed by atoms with Crippen molar-refractivity contribution in [2.45, 2.75) is 0 Å². The number of fused-ring (bicyclic) bond motifs is 1. The van der Waals surface area contributed by atoms with Crippen molar-refractivity contribution >= 4 is 32.5 Å². The van der Waals surface area contributed by atoms with Crippen molar-refractivity contribution in [3.8, 4) is 0 Å². The maximum absolute atomic E-state index is 4.23. The van der Waals surface area contributed by atoms with Crippen LogP contribution in [0.3, 0.4) is 0 Å². The van der Waals surface area contributed by atoms with Gasteiger partial charge in [-0.15, -0.1) is 0 Å². The molecule has 2 nitrogen and oxygen atoms in total. The van der Waals surface area contributed by atoms with Crippen LogP contribution in [0, 0.1) is 0 Å². The Kier molecular flexibility index (Phi) is 1.28. The summed E-state index contributed by atoms with van der Waals surface area (Å²) in [5.41, 5.74) is 2.12. The van der Waals surface area contributed by atoms with Gasteiger partial charge in [0, 0.05) is 0 Å². The van der Waals surface area contributed by atoms with Crippen molar-refractivity contribution in [3.63, 3.8) is 0 Å². The number of nitrogens with one attached hydrogen (secondary N) is 1. The van der Waals surface area contributed by atoms with Gasteiger partial charge in [0.2, 0.25) is 0 Å². The topological polar surface area (TPSA) is 28.7 Å². The van der Waals surface area contributed by atoms with E-state index in [-0.39, 0.29) is 0 Å². The zero-order valence-electron chi connectivity index (χ0n) is 5.20. The number of hydrogen-bond acceptors (Lipinski definition) is 1. The molecular weight excluding hydrogens is 187 g/mol. The van der Waals surface area contributed by atoms with Crippen LogP contribution in [0.25, 0.3) is 11.0 Å². The third kappa shape index (κ3) is 0.850. The van der Waals surface area contributed by atoms with E-state index < -0.39 is 0 Å². The number of H-pyrrole nitrogens is 1. The summed E-state index contributed by atoms with van der Waals surface area (Å²) >= 11 is 2.39. The van der Waals surface area contributed by atoms with Gasteiger partial charge >= 0.3 is 66.7 Å². The average Bonchev–Trinajstić information content (AvgIpc) is 2.27. The second-order valence-corrected chi connectivity index (χ2v) is 2.97. The van der Waals surface area contributed by atoms with Crippen LogP contribution in [-0.2, 0) is 0 Å². The predicted octanol–water partition coefficient (Wildman–Crippen LogP) is 0.357. The van der Waals surface area contributed by atoms with E-state index in [9.17, 15) is 0 Å². The number of aromatic nitrogens is 2. The number of benzene rings is 1. The van der Waals surface area contributed by atoms with Gasteiger partial charge in [0.1, 0.15) is 0 Å². The van der Waals surface area contributed by atoms with Crippen molar-refractivity contribution in [2.75, 3.05) is 0 Å². The van der Waals surface area contributed by atoms with E-state index >= 15 is 0 Å². The SMILES string of the molecule is [As]c1nc2ccccc2[nH]1. The Bertz CT molecular complexity index is 320. The van der Waals surface area contributed by atoms with E-state index in [2.05, 4.69) is 26.8 Å². The minimum atomic E-state index is 0.911. The summed E-state index contributed by atoms with van der Waals surface area (Å²) in [6.45, 7) is 0. The van der Waals surface area contributed by atoms with Crippen molar-refractivity contribution in [1.29, 1.82) is 0 Å². The van der Waals surface area contributed by atoms with E-state index in [1.807, 2.05) is 24.3 Å². The number of aromatic amines is 1. The zero-order valence-corrected chi connectivity index (χ0v) is 7.08. The molecule has 0 atom stereocenters. The molecular formula is C7H5AsN2. The van der Waals surface area contributed by atoms with Gasteiger partial charge in [-0.1, -0.05) is 0 Å². The summed E-state index contributed by atoms with van der Waals surface area (Å²) in [7, 11) is 0. The summed E-state index contributed by atoms with van der Waals surface area (Å²) in [5, 5.41) is 0. The van der Waals surface area contributed by atoms with Crippen LogP contribution < -0.4 is 4.61 Å². The molecule has 0 amide bonds.